The van der Waals surface area contributed by atoms with Crippen molar-refractivity contribution in [3.05, 3.63) is 0 Å². The van der Waals surface area contributed by atoms with E-state index in [9.17, 15) is 18.0 Å². The van der Waals surface area contributed by atoms with Crippen LogP contribution < -0.4 is 10.0 Å². The zero-order valence-corrected chi connectivity index (χ0v) is 13.1. The standard InChI is InChI=1S/C12H23N3O5S/c1-3-6-13-11(16)9(2)14-21(19,20)15-7-4-5-10(8-15)12(17)18/h9-10,14H,3-8H2,1-2H3,(H,13,16)(H,17,18). The van der Waals surface area contributed by atoms with Gasteiger partial charge in [-0.2, -0.15) is 17.4 Å². The van der Waals surface area contributed by atoms with Gasteiger partial charge in [0.2, 0.25) is 5.91 Å². The molecule has 1 aliphatic rings. The zero-order valence-electron chi connectivity index (χ0n) is 12.3. The number of nitrogens with one attached hydrogen (secondary N) is 2. The fourth-order valence-electron chi connectivity index (χ4n) is 2.12. The minimum atomic E-state index is -3.86. The number of piperidine rings is 1. The van der Waals surface area contributed by atoms with Crippen LogP contribution in [0.15, 0.2) is 0 Å². The van der Waals surface area contributed by atoms with Gasteiger partial charge in [-0.05, 0) is 26.2 Å². The molecule has 2 atom stereocenters. The summed E-state index contributed by atoms with van der Waals surface area (Å²) in [7, 11) is -3.86. The molecule has 2 unspecified atom stereocenters. The van der Waals surface area contributed by atoms with E-state index in [1.807, 2.05) is 6.92 Å². The number of carboxylic acid groups (broad SMARTS) is 1. The second kappa shape index (κ2) is 7.71. The van der Waals surface area contributed by atoms with E-state index in [0.29, 0.717) is 19.4 Å². The van der Waals surface area contributed by atoms with Gasteiger partial charge in [0.15, 0.2) is 0 Å². The minimum Gasteiger partial charge on any atom is -0.481 e. The number of amides is 1. The van der Waals surface area contributed by atoms with E-state index in [1.165, 1.54) is 6.92 Å². The molecule has 8 nitrogen and oxygen atoms in total. The topological polar surface area (TPSA) is 116 Å². The third-order valence-corrected chi connectivity index (χ3v) is 5.00. The quantitative estimate of drug-likeness (QED) is 0.586. The molecule has 21 heavy (non-hydrogen) atoms. The van der Waals surface area contributed by atoms with Gasteiger partial charge in [0.1, 0.15) is 0 Å². The molecule has 0 aromatic carbocycles. The highest BCUT2D eigenvalue weighted by Gasteiger charge is 2.33. The van der Waals surface area contributed by atoms with Crippen LogP contribution >= 0.6 is 0 Å². The predicted molar refractivity (Wildman–Crippen MR) is 76.8 cm³/mol. The molecule has 0 saturated carbocycles. The van der Waals surface area contributed by atoms with Crippen molar-refractivity contribution >= 4 is 22.1 Å². The largest absolute Gasteiger partial charge is 0.481 e. The molecule has 0 spiro atoms. The Hall–Kier alpha value is -1.19. The number of hydrogen-bond acceptors (Lipinski definition) is 4. The van der Waals surface area contributed by atoms with Gasteiger partial charge in [0.25, 0.3) is 10.2 Å². The molecular weight excluding hydrogens is 298 g/mol. The maximum atomic E-state index is 12.2. The SMILES string of the molecule is CCCNC(=O)C(C)NS(=O)(=O)N1CCCC(C(=O)O)C1. The van der Waals surface area contributed by atoms with Crippen LogP contribution in [-0.4, -0.2) is 55.4 Å². The number of carboxylic acids is 1. The summed E-state index contributed by atoms with van der Waals surface area (Å²) in [5.74, 6) is -2.09. The second-order valence-electron chi connectivity index (χ2n) is 5.17. The lowest BCUT2D eigenvalue weighted by molar-refractivity contribution is -0.142. The normalized spacial score (nSPS) is 21.7. The lowest BCUT2D eigenvalue weighted by Gasteiger charge is -2.30. The molecule has 1 aliphatic heterocycles. The molecular formula is C12H23N3O5S. The maximum Gasteiger partial charge on any atom is 0.307 e. The Bertz CT molecular complexity index is 479. The summed E-state index contributed by atoms with van der Waals surface area (Å²) in [5.41, 5.74) is 0. The van der Waals surface area contributed by atoms with Gasteiger partial charge in [-0.25, -0.2) is 0 Å². The van der Waals surface area contributed by atoms with Gasteiger partial charge in [-0.1, -0.05) is 6.92 Å². The van der Waals surface area contributed by atoms with Gasteiger partial charge in [-0.3, -0.25) is 9.59 Å². The van der Waals surface area contributed by atoms with E-state index < -0.39 is 34.0 Å². The molecule has 1 amide bonds. The van der Waals surface area contributed by atoms with Crippen LogP contribution in [0.1, 0.15) is 33.1 Å². The van der Waals surface area contributed by atoms with Crippen LogP contribution in [0.2, 0.25) is 0 Å². The second-order valence-corrected chi connectivity index (χ2v) is 6.87. The van der Waals surface area contributed by atoms with E-state index in [4.69, 9.17) is 5.11 Å². The van der Waals surface area contributed by atoms with E-state index in [-0.39, 0.29) is 13.1 Å². The van der Waals surface area contributed by atoms with E-state index in [0.717, 1.165) is 10.7 Å². The van der Waals surface area contributed by atoms with Gasteiger partial charge in [0.05, 0.1) is 12.0 Å². The van der Waals surface area contributed by atoms with Gasteiger partial charge in [0, 0.05) is 19.6 Å². The van der Waals surface area contributed by atoms with Crippen molar-refractivity contribution in [3.8, 4) is 0 Å². The molecule has 9 heteroatoms. The monoisotopic (exact) mass is 321 g/mol. The maximum absolute atomic E-state index is 12.2. The van der Waals surface area contributed by atoms with Crippen LogP contribution in [0.4, 0.5) is 0 Å². The average molecular weight is 321 g/mol. The first-order valence-corrected chi connectivity index (χ1v) is 8.49. The molecule has 1 rings (SSSR count). The van der Waals surface area contributed by atoms with Crippen molar-refractivity contribution < 1.29 is 23.1 Å². The van der Waals surface area contributed by atoms with Crippen LogP contribution in [0, 0.1) is 5.92 Å². The number of hydrogen-bond donors (Lipinski definition) is 3. The summed E-state index contributed by atoms with van der Waals surface area (Å²) in [6.07, 6.45) is 1.72. The molecule has 122 valence electrons. The zero-order chi connectivity index (χ0) is 16.0. The summed E-state index contributed by atoms with van der Waals surface area (Å²) in [4.78, 5) is 22.7. The van der Waals surface area contributed by atoms with Crippen molar-refractivity contribution in [1.82, 2.24) is 14.3 Å². The van der Waals surface area contributed by atoms with Gasteiger partial charge in [-0.15, -0.1) is 0 Å². The Labute approximate surface area is 125 Å². The highest BCUT2D eigenvalue weighted by molar-refractivity contribution is 7.87. The number of carbonyl (C=O) groups excluding carboxylic acids is 1. The number of carbonyl (C=O) groups is 2. The van der Waals surface area contributed by atoms with E-state index in [1.54, 1.807) is 0 Å². The summed E-state index contributed by atoms with van der Waals surface area (Å²) in [6.45, 7) is 4.04. The molecule has 1 saturated heterocycles. The first kappa shape index (κ1) is 17.9. The minimum absolute atomic E-state index is 0.0615. The highest BCUT2D eigenvalue weighted by atomic mass is 32.2. The van der Waals surface area contributed by atoms with E-state index in [2.05, 4.69) is 10.0 Å². The lowest BCUT2D eigenvalue weighted by Crippen LogP contribution is -2.53. The fourth-order valence-corrected chi connectivity index (χ4v) is 3.56. The summed E-state index contributed by atoms with van der Waals surface area (Å²) >= 11 is 0. The summed E-state index contributed by atoms with van der Waals surface area (Å²) in [6, 6.07) is -0.897. The predicted octanol–water partition coefficient (Wildman–Crippen LogP) is -0.468. The Morgan fingerprint density at radius 2 is 2.10 bits per heavy atom. The molecule has 0 aromatic heterocycles. The fraction of sp³-hybridized carbons (Fsp3) is 0.833. The molecule has 0 aliphatic carbocycles. The Morgan fingerprint density at radius 3 is 2.67 bits per heavy atom. The third kappa shape index (κ3) is 5.25. The smallest absolute Gasteiger partial charge is 0.307 e. The van der Waals surface area contributed by atoms with Gasteiger partial charge >= 0.3 is 5.97 Å². The Morgan fingerprint density at radius 1 is 1.43 bits per heavy atom. The van der Waals surface area contributed by atoms with Crippen molar-refractivity contribution in [1.29, 1.82) is 0 Å². The number of nitrogens with zero attached hydrogens (tertiary/aromatic N) is 1. The molecule has 3 N–H and O–H groups in total. The van der Waals surface area contributed by atoms with Crippen LogP contribution in [0.5, 0.6) is 0 Å². The Kier molecular flexibility index (Phi) is 6.56. The number of rotatable bonds is 7. The molecule has 0 aromatic rings. The van der Waals surface area contributed by atoms with Crippen LogP contribution in [0.3, 0.4) is 0 Å². The third-order valence-electron chi connectivity index (χ3n) is 3.34. The van der Waals surface area contributed by atoms with Crippen LogP contribution in [-0.2, 0) is 19.8 Å². The van der Waals surface area contributed by atoms with Crippen molar-refractivity contribution in [2.75, 3.05) is 19.6 Å². The molecule has 1 heterocycles. The first-order chi connectivity index (χ1) is 9.77. The lowest BCUT2D eigenvalue weighted by atomic mass is 10.0. The Balaban J connectivity index is 2.63. The van der Waals surface area contributed by atoms with E-state index >= 15 is 0 Å². The summed E-state index contributed by atoms with van der Waals surface area (Å²) < 4.78 is 27.8. The van der Waals surface area contributed by atoms with Crippen LogP contribution in [0.25, 0.3) is 0 Å². The average Bonchev–Trinajstić information content (AvgIpc) is 2.44. The molecule has 0 bridgehead atoms. The molecule has 0 radical (unpaired) electrons. The van der Waals surface area contributed by atoms with Crippen molar-refractivity contribution in [2.24, 2.45) is 5.92 Å². The molecule has 1 fully saturated rings. The first-order valence-electron chi connectivity index (χ1n) is 7.05. The van der Waals surface area contributed by atoms with Gasteiger partial charge < -0.3 is 10.4 Å². The van der Waals surface area contributed by atoms with Crippen molar-refractivity contribution in [2.45, 2.75) is 39.2 Å². The highest BCUT2D eigenvalue weighted by Crippen LogP contribution is 2.18. The van der Waals surface area contributed by atoms with Crippen molar-refractivity contribution in [3.63, 3.8) is 0 Å². The number of aliphatic carboxylic acids is 1. The summed E-state index contributed by atoms with van der Waals surface area (Å²) in [5, 5.41) is 11.6.